The fourth-order valence-corrected chi connectivity index (χ4v) is 7.10. The molecular weight excluding hydrogens is 428 g/mol. The van der Waals surface area contributed by atoms with Crippen LogP contribution >= 0.6 is 0 Å². The number of hydrogen-bond acceptors (Lipinski definition) is 4. The highest BCUT2D eigenvalue weighted by Crippen LogP contribution is 2.60. The molecule has 0 atom stereocenters. The predicted octanol–water partition coefficient (Wildman–Crippen LogP) is 3.69. The van der Waals surface area contributed by atoms with Crippen LogP contribution in [0.2, 0.25) is 0 Å². The maximum atomic E-state index is 13.7. The first-order chi connectivity index (χ1) is 16.4. The maximum Gasteiger partial charge on any atom is 0.273 e. The molecule has 0 radical (unpaired) electrons. The summed E-state index contributed by atoms with van der Waals surface area (Å²) in [5, 5.41) is 14.8. The molecule has 2 heterocycles. The lowest BCUT2D eigenvalue weighted by molar-refractivity contribution is -0.00765. The van der Waals surface area contributed by atoms with Gasteiger partial charge in [0.25, 0.3) is 11.8 Å². The number of para-hydroxylation sites is 1. The van der Waals surface area contributed by atoms with Crippen LogP contribution in [0, 0.1) is 17.8 Å². The van der Waals surface area contributed by atoms with E-state index in [9.17, 15) is 9.59 Å². The van der Waals surface area contributed by atoms with Crippen LogP contribution in [0.4, 0.5) is 5.69 Å². The second-order valence-corrected chi connectivity index (χ2v) is 10.5. The van der Waals surface area contributed by atoms with Crippen molar-refractivity contribution in [3.8, 4) is 5.69 Å². The van der Waals surface area contributed by atoms with E-state index in [2.05, 4.69) is 15.7 Å². The molecule has 176 valence electrons. The van der Waals surface area contributed by atoms with Crippen LogP contribution in [-0.4, -0.2) is 38.4 Å². The van der Waals surface area contributed by atoms with Crippen LogP contribution in [0.15, 0.2) is 42.7 Å². The van der Waals surface area contributed by atoms with Crippen LogP contribution in [0.25, 0.3) is 5.69 Å². The molecule has 7 rings (SSSR count). The van der Waals surface area contributed by atoms with Gasteiger partial charge in [-0.2, -0.15) is 10.2 Å². The van der Waals surface area contributed by atoms with Crippen LogP contribution in [-0.2, 0) is 12.5 Å². The summed E-state index contributed by atoms with van der Waals surface area (Å²) < 4.78 is 3.37. The summed E-state index contributed by atoms with van der Waals surface area (Å²) >= 11 is 0. The summed E-state index contributed by atoms with van der Waals surface area (Å²) in [6.07, 6.45) is 10.8. The van der Waals surface area contributed by atoms with Gasteiger partial charge in [-0.1, -0.05) is 18.2 Å². The van der Waals surface area contributed by atoms with Crippen molar-refractivity contribution < 1.29 is 9.59 Å². The molecule has 4 saturated carbocycles. The fraction of sp³-hybridized carbons (Fsp3) is 0.462. The van der Waals surface area contributed by atoms with E-state index in [-0.39, 0.29) is 22.9 Å². The highest BCUT2D eigenvalue weighted by atomic mass is 16.2. The largest absolute Gasteiger partial charge is 0.354 e. The topological polar surface area (TPSA) is 93.8 Å². The SMILES string of the molecule is CNC(=O)c1nn(C)cc1NC(=O)c1cn(-c2ccccc2)nc1C12CC3CC(CC(C3)C1)C2. The monoisotopic (exact) mass is 458 g/mol. The van der Waals surface area contributed by atoms with E-state index in [0.29, 0.717) is 11.3 Å². The normalized spacial score (nSPS) is 27.1. The first-order valence-electron chi connectivity index (χ1n) is 12.2. The maximum absolute atomic E-state index is 13.7. The van der Waals surface area contributed by atoms with Crippen molar-refractivity contribution in [1.29, 1.82) is 0 Å². The minimum Gasteiger partial charge on any atom is -0.354 e. The van der Waals surface area contributed by atoms with Gasteiger partial charge in [0.15, 0.2) is 5.69 Å². The molecule has 4 bridgehead atoms. The average molecular weight is 459 g/mol. The molecule has 3 aromatic rings. The number of aryl methyl sites for hydroxylation is 1. The van der Waals surface area contributed by atoms with Crippen LogP contribution in [0.3, 0.4) is 0 Å². The Morgan fingerprint density at radius 2 is 1.59 bits per heavy atom. The second kappa shape index (κ2) is 7.82. The molecule has 34 heavy (non-hydrogen) atoms. The molecule has 8 heteroatoms. The molecule has 1 aromatic carbocycles. The van der Waals surface area contributed by atoms with E-state index in [1.165, 1.54) is 23.9 Å². The van der Waals surface area contributed by atoms with E-state index < -0.39 is 0 Å². The highest BCUT2D eigenvalue weighted by Gasteiger charge is 2.54. The standard InChI is InChI=1S/C26H30N6O2/c1-27-25(34)22-21(15-31(2)29-22)28-24(33)20-14-32(19-6-4-3-5-7-19)30-23(20)26-11-16-8-17(12-26)10-18(9-16)13-26/h3-7,14-18H,8-13H2,1-2H3,(H,27,34)(H,28,33). The van der Waals surface area contributed by atoms with Crippen molar-refractivity contribution in [2.45, 2.75) is 43.9 Å². The first-order valence-corrected chi connectivity index (χ1v) is 12.2. The minimum absolute atomic E-state index is 0.0417. The molecule has 0 unspecified atom stereocenters. The number of benzene rings is 1. The van der Waals surface area contributed by atoms with Gasteiger partial charge in [0.05, 0.1) is 22.6 Å². The van der Waals surface area contributed by atoms with Crippen LogP contribution < -0.4 is 10.6 Å². The lowest BCUT2D eigenvalue weighted by Crippen LogP contribution is -2.49. The van der Waals surface area contributed by atoms with Crippen molar-refractivity contribution in [3.05, 3.63) is 59.7 Å². The molecular formula is C26H30N6O2. The number of amides is 2. The third kappa shape index (κ3) is 3.43. The number of aromatic nitrogens is 4. The first kappa shape index (κ1) is 21.1. The number of nitrogens with zero attached hydrogens (tertiary/aromatic N) is 4. The number of anilines is 1. The molecule has 0 saturated heterocycles. The number of carbonyl (C=O) groups excluding carboxylic acids is 2. The van der Waals surface area contributed by atoms with Gasteiger partial charge in [0.2, 0.25) is 0 Å². The molecule has 4 fully saturated rings. The Morgan fingerprint density at radius 1 is 0.941 bits per heavy atom. The van der Waals surface area contributed by atoms with Gasteiger partial charge in [0, 0.05) is 31.9 Å². The molecule has 0 spiro atoms. The Morgan fingerprint density at radius 3 is 2.21 bits per heavy atom. The molecule has 2 amide bonds. The fourth-order valence-electron chi connectivity index (χ4n) is 7.10. The zero-order valence-corrected chi connectivity index (χ0v) is 19.6. The van der Waals surface area contributed by atoms with Crippen molar-refractivity contribution in [3.63, 3.8) is 0 Å². The summed E-state index contributed by atoms with van der Waals surface area (Å²) in [5.74, 6) is 1.63. The smallest absolute Gasteiger partial charge is 0.273 e. The summed E-state index contributed by atoms with van der Waals surface area (Å²) in [6, 6.07) is 9.94. The second-order valence-electron chi connectivity index (χ2n) is 10.5. The van der Waals surface area contributed by atoms with E-state index in [0.717, 1.165) is 48.4 Å². The predicted molar refractivity (Wildman–Crippen MR) is 128 cm³/mol. The Bertz CT molecular complexity index is 1220. The zero-order valence-electron chi connectivity index (χ0n) is 19.6. The number of hydrogen-bond donors (Lipinski definition) is 2. The molecule has 4 aliphatic carbocycles. The Labute approximate surface area is 198 Å². The Kier molecular flexibility index (Phi) is 4.86. The quantitative estimate of drug-likeness (QED) is 0.610. The van der Waals surface area contributed by atoms with E-state index >= 15 is 0 Å². The number of carbonyl (C=O) groups is 2. The third-order valence-electron chi connectivity index (χ3n) is 8.04. The zero-order chi connectivity index (χ0) is 23.4. The molecule has 2 aromatic heterocycles. The van der Waals surface area contributed by atoms with Crippen LogP contribution in [0.1, 0.15) is 65.1 Å². The van der Waals surface area contributed by atoms with E-state index in [1.807, 2.05) is 41.2 Å². The van der Waals surface area contributed by atoms with Gasteiger partial charge in [-0.15, -0.1) is 0 Å². The average Bonchev–Trinajstić information content (AvgIpc) is 3.43. The molecule has 8 nitrogen and oxygen atoms in total. The van der Waals surface area contributed by atoms with Crippen molar-refractivity contribution in [1.82, 2.24) is 24.9 Å². The van der Waals surface area contributed by atoms with Gasteiger partial charge in [0.1, 0.15) is 0 Å². The van der Waals surface area contributed by atoms with Gasteiger partial charge in [-0.3, -0.25) is 14.3 Å². The summed E-state index contributed by atoms with van der Waals surface area (Å²) in [7, 11) is 3.29. The van der Waals surface area contributed by atoms with Crippen molar-refractivity contribution in [2.24, 2.45) is 24.8 Å². The van der Waals surface area contributed by atoms with E-state index in [1.54, 1.807) is 20.3 Å². The summed E-state index contributed by atoms with van der Waals surface area (Å²) in [4.78, 5) is 26.0. The lowest BCUT2D eigenvalue weighted by atomic mass is 9.48. The molecule has 0 aliphatic heterocycles. The lowest BCUT2D eigenvalue weighted by Gasteiger charge is -2.56. The van der Waals surface area contributed by atoms with Crippen LogP contribution in [0.5, 0.6) is 0 Å². The number of rotatable bonds is 5. The Balaban J connectivity index is 1.41. The summed E-state index contributed by atoms with van der Waals surface area (Å²) in [5.41, 5.74) is 3.00. The van der Waals surface area contributed by atoms with Gasteiger partial charge >= 0.3 is 0 Å². The third-order valence-corrected chi connectivity index (χ3v) is 8.04. The summed E-state index contributed by atoms with van der Waals surface area (Å²) in [6.45, 7) is 0. The Hall–Kier alpha value is -3.42. The van der Waals surface area contributed by atoms with Gasteiger partial charge in [-0.05, 0) is 68.4 Å². The highest BCUT2D eigenvalue weighted by molar-refractivity contribution is 6.08. The minimum atomic E-state index is -0.336. The van der Waals surface area contributed by atoms with Crippen molar-refractivity contribution >= 4 is 17.5 Å². The van der Waals surface area contributed by atoms with Crippen molar-refractivity contribution in [2.75, 3.05) is 12.4 Å². The van der Waals surface area contributed by atoms with Gasteiger partial charge < -0.3 is 10.6 Å². The van der Waals surface area contributed by atoms with E-state index in [4.69, 9.17) is 5.10 Å². The number of nitrogens with one attached hydrogen (secondary N) is 2. The molecule has 4 aliphatic rings. The van der Waals surface area contributed by atoms with Gasteiger partial charge in [-0.25, -0.2) is 4.68 Å². The molecule has 2 N–H and O–H groups in total.